The summed E-state index contributed by atoms with van der Waals surface area (Å²) in [6, 6.07) is 20.0. The lowest BCUT2D eigenvalue weighted by molar-refractivity contribution is 0.0467. The summed E-state index contributed by atoms with van der Waals surface area (Å²) >= 11 is 0. The first kappa shape index (κ1) is 22.4. The number of nitrogens with zero attached hydrogens (tertiary/aromatic N) is 4. The molecule has 2 aromatic carbocycles. The first-order valence-corrected chi connectivity index (χ1v) is 11.8. The topological polar surface area (TPSA) is 69.0 Å². The number of hydrogen-bond acceptors (Lipinski definition) is 5. The van der Waals surface area contributed by atoms with Crippen molar-refractivity contribution >= 4 is 17.5 Å². The Hall–Kier alpha value is -3.42. The summed E-state index contributed by atoms with van der Waals surface area (Å²) in [6.07, 6.45) is -0.790. The molecule has 5 rings (SSSR count). The van der Waals surface area contributed by atoms with Gasteiger partial charge in [0.15, 0.2) is 0 Å². The summed E-state index contributed by atoms with van der Waals surface area (Å²) in [5, 5.41) is 10.8. The Kier molecular flexibility index (Phi) is 5.98. The molecule has 1 atom stereocenters. The van der Waals surface area contributed by atoms with Gasteiger partial charge < -0.3 is 14.6 Å². The average molecular weight is 459 g/mol. The molecule has 1 saturated heterocycles. The molecule has 2 amide bonds. The van der Waals surface area contributed by atoms with Crippen molar-refractivity contribution < 1.29 is 14.7 Å². The molecule has 34 heavy (non-hydrogen) atoms. The third-order valence-corrected chi connectivity index (χ3v) is 6.93. The van der Waals surface area contributed by atoms with Crippen LogP contribution in [-0.2, 0) is 0 Å². The van der Waals surface area contributed by atoms with Crippen molar-refractivity contribution in [2.24, 2.45) is 0 Å². The monoisotopic (exact) mass is 458 g/mol. The lowest BCUT2D eigenvalue weighted by Crippen LogP contribution is -2.50. The molecule has 3 aromatic rings. The van der Waals surface area contributed by atoms with E-state index in [2.05, 4.69) is 21.9 Å². The highest BCUT2D eigenvalue weighted by Crippen LogP contribution is 2.33. The zero-order chi connectivity index (χ0) is 23.8. The summed E-state index contributed by atoms with van der Waals surface area (Å²) in [5.74, 6) is -0.633. The molecule has 0 aliphatic carbocycles. The minimum Gasteiger partial charge on any atom is -0.390 e. The standard InChI is InChI=1S/C27H30N4O3/c1-19-24-25(20(2)31(19)22-11-7-4-8-12-22)27(34)30(26(24)33)18-23(32)17-28-13-15-29(16-14-28)21-9-5-3-6-10-21/h3-12,23,32H,13-18H2,1-2H3. The van der Waals surface area contributed by atoms with Crippen molar-refractivity contribution in [3.05, 3.63) is 83.2 Å². The Balaban J connectivity index is 1.23. The van der Waals surface area contributed by atoms with Crippen molar-refractivity contribution in [1.82, 2.24) is 14.4 Å². The second-order valence-electron chi connectivity index (χ2n) is 9.09. The predicted molar refractivity (Wildman–Crippen MR) is 132 cm³/mol. The molecule has 7 heteroatoms. The van der Waals surface area contributed by atoms with Gasteiger partial charge in [0.2, 0.25) is 0 Å². The van der Waals surface area contributed by atoms with E-state index in [1.54, 1.807) is 0 Å². The minimum absolute atomic E-state index is 0.00939. The number of piperazine rings is 1. The molecule has 2 aliphatic rings. The number of anilines is 1. The number of β-amino-alcohol motifs (C(OH)–C–C–N with tert-alkyl or cyclic N) is 1. The second kappa shape index (κ2) is 9.08. The van der Waals surface area contributed by atoms with Crippen molar-refractivity contribution in [1.29, 1.82) is 0 Å². The molecular weight excluding hydrogens is 428 g/mol. The Labute approximate surface area is 199 Å². The van der Waals surface area contributed by atoms with Crippen LogP contribution >= 0.6 is 0 Å². The largest absolute Gasteiger partial charge is 0.390 e. The summed E-state index contributed by atoms with van der Waals surface area (Å²) in [5.41, 5.74) is 4.55. The SMILES string of the molecule is Cc1c2c(c(C)n1-c1ccccc1)C(=O)N(CC(O)CN1CCN(c3ccccc3)CC1)C2=O. The van der Waals surface area contributed by atoms with Crippen LogP contribution in [0.3, 0.4) is 0 Å². The number of carbonyl (C=O) groups is 2. The molecule has 2 aliphatic heterocycles. The molecule has 3 heterocycles. The van der Waals surface area contributed by atoms with Crippen LogP contribution < -0.4 is 4.90 Å². The lowest BCUT2D eigenvalue weighted by Gasteiger charge is -2.37. The quantitative estimate of drug-likeness (QED) is 0.576. The fourth-order valence-electron chi connectivity index (χ4n) is 5.25. The molecule has 7 nitrogen and oxygen atoms in total. The molecule has 1 aromatic heterocycles. The van der Waals surface area contributed by atoms with E-state index >= 15 is 0 Å². The minimum atomic E-state index is -0.790. The van der Waals surface area contributed by atoms with Gasteiger partial charge in [0.05, 0.1) is 23.8 Å². The third-order valence-electron chi connectivity index (χ3n) is 6.93. The van der Waals surface area contributed by atoms with Gasteiger partial charge in [0, 0.05) is 55.5 Å². The number of imide groups is 1. The van der Waals surface area contributed by atoms with E-state index in [1.165, 1.54) is 10.6 Å². The Morgan fingerprint density at radius 1 is 0.735 bits per heavy atom. The van der Waals surface area contributed by atoms with Crippen LogP contribution in [0.25, 0.3) is 5.69 Å². The fraction of sp³-hybridized carbons (Fsp3) is 0.333. The van der Waals surface area contributed by atoms with Crippen LogP contribution in [0.2, 0.25) is 0 Å². The third kappa shape index (κ3) is 3.91. The van der Waals surface area contributed by atoms with Gasteiger partial charge in [-0.3, -0.25) is 19.4 Å². The summed E-state index contributed by atoms with van der Waals surface area (Å²) < 4.78 is 1.96. The van der Waals surface area contributed by atoms with E-state index in [4.69, 9.17) is 0 Å². The molecule has 1 unspecified atom stereocenters. The number of carbonyl (C=O) groups excluding carboxylic acids is 2. The van der Waals surface area contributed by atoms with Crippen molar-refractivity contribution in [3.63, 3.8) is 0 Å². The summed E-state index contributed by atoms with van der Waals surface area (Å²) in [7, 11) is 0. The molecule has 0 spiro atoms. The number of aliphatic hydroxyl groups excluding tert-OH is 1. The molecule has 176 valence electrons. The summed E-state index contributed by atoms with van der Waals surface area (Å²) in [6.45, 7) is 7.61. The number of hydrogen-bond donors (Lipinski definition) is 1. The maximum atomic E-state index is 13.2. The van der Waals surface area contributed by atoms with Gasteiger partial charge in [-0.15, -0.1) is 0 Å². The highest BCUT2D eigenvalue weighted by molar-refractivity contribution is 6.22. The predicted octanol–water partition coefficient (Wildman–Crippen LogP) is 2.87. The molecule has 0 radical (unpaired) electrons. The van der Waals surface area contributed by atoms with Crippen LogP contribution in [0, 0.1) is 13.8 Å². The molecule has 0 bridgehead atoms. The van der Waals surface area contributed by atoms with Crippen LogP contribution in [0.4, 0.5) is 5.69 Å². The number of rotatable bonds is 6. The first-order valence-electron chi connectivity index (χ1n) is 11.8. The fourth-order valence-corrected chi connectivity index (χ4v) is 5.25. The van der Waals surface area contributed by atoms with Crippen molar-refractivity contribution in [2.45, 2.75) is 20.0 Å². The van der Waals surface area contributed by atoms with Crippen molar-refractivity contribution in [3.8, 4) is 5.69 Å². The van der Waals surface area contributed by atoms with Gasteiger partial charge >= 0.3 is 0 Å². The summed E-state index contributed by atoms with van der Waals surface area (Å²) in [4.78, 5) is 32.2. The maximum Gasteiger partial charge on any atom is 0.263 e. The molecule has 1 N–H and O–H groups in total. The first-order chi connectivity index (χ1) is 16.5. The van der Waals surface area contributed by atoms with Crippen LogP contribution in [0.15, 0.2) is 60.7 Å². The average Bonchev–Trinajstić information content (AvgIpc) is 3.26. The maximum absolute atomic E-state index is 13.2. The van der Waals surface area contributed by atoms with E-state index in [0.717, 1.165) is 43.3 Å². The van der Waals surface area contributed by atoms with E-state index < -0.39 is 6.10 Å². The molecule has 0 saturated carbocycles. The Morgan fingerprint density at radius 2 is 1.24 bits per heavy atom. The number of benzene rings is 2. The molecular formula is C27H30N4O3. The van der Waals surface area contributed by atoms with E-state index in [9.17, 15) is 14.7 Å². The van der Waals surface area contributed by atoms with E-state index in [1.807, 2.05) is 66.9 Å². The number of para-hydroxylation sites is 2. The zero-order valence-corrected chi connectivity index (χ0v) is 19.6. The smallest absolute Gasteiger partial charge is 0.263 e. The normalized spacial score (nSPS) is 17.4. The van der Waals surface area contributed by atoms with E-state index in [-0.39, 0.29) is 18.4 Å². The van der Waals surface area contributed by atoms with E-state index in [0.29, 0.717) is 17.7 Å². The number of amides is 2. The van der Waals surface area contributed by atoms with Crippen LogP contribution in [0.1, 0.15) is 32.1 Å². The van der Waals surface area contributed by atoms with Gasteiger partial charge in [-0.05, 0) is 38.1 Å². The lowest BCUT2D eigenvalue weighted by atomic mass is 10.1. The van der Waals surface area contributed by atoms with Crippen LogP contribution in [-0.4, -0.2) is 76.7 Å². The second-order valence-corrected chi connectivity index (χ2v) is 9.09. The highest BCUT2D eigenvalue weighted by atomic mass is 16.3. The number of aliphatic hydroxyl groups is 1. The van der Waals surface area contributed by atoms with Crippen LogP contribution in [0.5, 0.6) is 0 Å². The van der Waals surface area contributed by atoms with Gasteiger partial charge in [-0.1, -0.05) is 36.4 Å². The van der Waals surface area contributed by atoms with Gasteiger partial charge in [-0.25, -0.2) is 0 Å². The Morgan fingerprint density at radius 3 is 1.76 bits per heavy atom. The molecule has 1 fully saturated rings. The highest BCUT2D eigenvalue weighted by Gasteiger charge is 2.42. The van der Waals surface area contributed by atoms with Crippen molar-refractivity contribution in [2.75, 3.05) is 44.2 Å². The van der Waals surface area contributed by atoms with Gasteiger partial charge in [-0.2, -0.15) is 0 Å². The number of fused-ring (bicyclic) bond motifs is 1. The van der Waals surface area contributed by atoms with Gasteiger partial charge in [0.25, 0.3) is 11.8 Å². The van der Waals surface area contributed by atoms with Gasteiger partial charge in [0.1, 0.15) is 0 Å². The zero-order valence-electron chi connectivity index (χ0n) is 19.6. The Bertz CT molecular complexity index is 1160. The number of aromatic nitrogens is 1.